The van der Waals surface area contributed by atoms with Gasteiger partial charge in [-0.05, 0) is 6.92 Å². The lowest BCUT2D eigenvalue weighted by Gasteiger charge is -2.24. The number of terminal acetylenes is 1. The SMILES string of the molecule is C#CCCOP(=O)(O)OC1[C@@H](COP(=O)([O-])O)O[C@@H](C)[C@H]1O. The molecule has 1 heterocycles. The minimum Gasteiger partial charge on any atom is -0.756 e. The zero-order chi connectivity index (χ0) is 17.0. The van der Waals surface area contributed by atoms with Crippen LogP contribution in [0.1, 0.15) is 13.3 Å². The van der Waals surface area contributed by atoms with E-state index in [-0.39, 0.29) is 13.0 Å². The first-order chi connectivity index (χ1) is 10.1. The van der Waals surface area contributed by atoms with Crippen LogP contribution in [0.5, 0.6) is 0 Å². The minimum atomic E-state index is -5.01. The smallest absolute Gasteiger partial charge is 0.472 e. The molecule has 12 heteroatoms. The second-order valence-corrected chi connectivity index (χ2v) is 7.06. The van der Waals surface area contributed by atoms with Crippen molar-refractivity contribution in [3.63, 3.8) is 0 Å². The average Bonchev–Trinajstić information content (AvgIpc) is 2.63. The van der Waals surface area contributed by atoms with Crippen LogP contribution in [0.2, 0.25) is 0 Å². The van der Waals surface area contributed by atoms with Gasteiger partial charge in [-0.1, -0.05) is 0 Å². The Labute approximate surface area is 127 Å². The van der Waals surface area contributed by atoms with Gasteiger partial charge in [0.15, 0.2) is 0 Å². The fourth-order valence-corrected chi connectivity index (χ4v) is 3.04. The third-order valence-electron chi connectivity index (χ3n) is 2.73. The van der Waals surface area contributed by atoms with Crippen LogP contribution >= 0.6 is 15.6 Å². The van der Waals surface area contributed by atoms with Gasteiger partial charge in [-0.15, -0.1) is 12.3 Å². The number of hydrogen-bond donors (Lipinski definition) is 3. The minimum absolute atomic E-state index is 0.0739. The molecule has 0 amide bonds. The van der Waals surface area contributed by atoms with E-state index in [1.165, 1.54) is 6.92 Å². The zero-order valence-electron chi connectivity index (χ0n) is 11.6. The molecule has 22 heavy (non-hydrogen) atoms. The Bertz CT molecular complexity index is 496. The lowest BCUT2D eigenvalue weighted by molar-refractivity contribution is -0.222. The molecule has 0 radical (unpaired) electrons. The van der Waals surface area contributed by atoms with Crippen molar-refractivity contribution < 1.29 is 47.2 Å². The molecule has 10 nitrogen and oxygen atoms in total. The van der Waals surface area contributed by atoms with Gasteiger partial charge in [0.05, 0.1) is 19.3 Å². The van der Waals surface area contributed by atoms with E-state index in [4.69, 9.17) is 20.6 Å². The van der Waals surface area contributed by atoms with Crippen molar-refractivity contribution >= 4 is 15.6 Å². The first-order valence-electron chi connectivity index (χ1n) is 6.17. The van der Waals surface area contributed by atoms with Crippen molar-refractivity contribution in [1.82, 2.24) is 0 Å². The number of rotatable bonds is 8. The summed E-state index contributed by atoms with van der Waals surface area (Å²) in [5.74, 6) is 2.20. The molecule has 0 aromatic heterocycles. The average molecular weight is 359 g/mol. The molecular formula is C10H17O10P2-. The molecule has 0 aliphatic carbocycles. The summed E-state index contributed by atoms with van der Waals surface area (Å²) in [6, 6.07) is 0. The van der Waals surface area contributed by atoms with Crippen molar-refractivity contribution in [2.75, 3.05) is 13.2 Å². The second kappa shape index (κ2) is 7.99. The van der Waals surface area contributed by atoms with Crippen molar-refractivity contribution in [3.8, 4) is 12.3 Å². The van der Waals surface area contributed by atoms with Gasteiger partial charge in [-0.3, -0.25) is 13.6 Å². The van der Waals surface area contributed by atoms with Crippen LogP contribution in [0.25, 0.3) is 0 Å². The van der Waals surface area contributed by atoms with Crippen LogP contribution in [-0.2, 0) is 27.4 Å². The van der Waals surface area contributed by atoms with E-state index in [1.807, 2.05) is 0 Å². The van der Waals surface area contributed by atoms with Crippen molar-refractivity contribution in [3.05, 3.63) is 0 Å². The lowest BCUT2D eigenvalue weighted by Crippen LogP contribution is -2.36. The molecule has 0 saturated carbocycles. The number of aliphatic hydroxyl groups is 1. The molecule has 1 rings (SSSR count). The maximum Gasteiger partial charge on any atom is 0.472 e. The summed E-state index contributed by atoms with van der Waals surface area (Å²) in [6.07, 6.45) is 0.320. The molecule has 6 atom stereocenters. The Morgan fingerprint density at radius 3 is 2.55 bits per heavy atom. The Hall–Kier alpha value is -0.300. The predicted molar refractivity (Wildman–Crippen MR) is 70.2 cm³/mol. The molecule has 0 aromatic rings. The van der Waals surface area contributed by atoms with Crippen LogP contribution in [-0.4, -0.2) is 52.5 Å². The number of phosphoric acid groups is 2. The summed E-state index contributed by atoms with van der Waals surface area (Å²) >= 11 is 0. The number of aliphatic hydroxyl groups excluding tert-OH is 1. The third kappa shape index (κ3) is 6.44. The molecule has 3 N–H and O–H groups in total. The Kier molecular flexibility index (Phi) is 7.18. The van der Waals surface area contributed by atoms with E-state index in [0.717, 1.165) is 0 Å². The monoisotopic (exact) mass is 359 g/mol. The maximum atomic E-state index is 11.7. The van der Waals surface area contributed by atoms with Gasteiger partial charge in [0.1, 0.15) is 18.3 Å². The Morgan fingerprint density at radius 2 is 2.00 bits per heavy atom. The highest BCUT2D eigenvalue weighted by Crippen LogP contribution is 2.47. The van der Waals surface area contributed by atoms with E-state index in [0.29, 0.717) is 0 Å². The highest BCUT2D eigenvalue weighted by Gasteiger charge is 2.46. The lowest BCUT2D eigenvalue weighted by atomic mass is 10.1. The van der Waals surface area contributed by atoms with Crippen molar-refractivity contribution in [2.45, 2.75) is 37.8 Å². The first-order valence-corrected chi connectivity index (χ1v) is 9.16. The predicted octanol–water partition coefficient (Wildman–Crippen LogP) is -0.863. The van der Waals surface area contributed by atoms with E-state index in [1.54, 1.807) is 0 Å². The summed E-state index contributed by atoms with van der Waals surface area (Å²) in [5, 5.41) is 9.86. The van der Waals surface area contributed by atoms with Crippen LogP contribution in [0, 0.1) is 12.3 Å². The Morgan fingerprint density at radius 1 is 1.36 bits per heavy atom. The quantitative estimate of drug-likeness (QED) is 0.283. The van der Waals surface area contributed by atoms with Crippen molar-refractivity contribution in [2.24, 2.45) is 0 Å². The van der Waals surface area contributed by atoms with E-state index < -0.39 is 46.7 Å². The van der Waals surface area contributed by atoms with Crippen molar-refractivity contribution in [1.29, 1.82) is 0 Å². The molecule has 1 saturated heterocycles. The molecule has 1 aliphatic heterocycles. The van der Waals surface area contributed by atoms with Crippen LogP contribution in [0.4, 0.5) is 0 Å². The van der Waals surface area contributed by atoms with Gasteiger partial charge in [-0.2, -0.15) is 0 Å². The molecule has 0 aromatic carbocycles. The van der Waals surface area contributed by atoms with Crippen LogP contribution < -0.4 is 4.89 Å². The van der Waals surface area contributed by atoms with Crippen LogP contribution in [0.3, 0.4) is 0 Å². The number of ether oxygens (including phenoxy) is 1. The number of hydrogen-bond acceptors (Lipinski definition) is 8. The summed E-state index contributed by atoms with van der Waals surface area (Å²) in [4.78, 5) is 28.6. The molecule has 1 fully saturated rings. The fourth-order valence-electron chi connectivity index (χ4n) is 1.76. The maximum absolute atomic E-state index is 11.7. The summed E-state index contributed by atoms with van der Waals surface area (Å²) < 4.78 is 41.0. The first kappa shape index (κ1) is 19.7. The third-order valence-corrected chi connectivity index (χ3v) is 4.23. The van der Waals surface area contributed by atoms with Gasteiger partial charge in [0.2, 0.25) is 0 Å². The van der Waals surface area contributed by atoms with Gasteiger partial charge in [0, 0.05) is 6.42 Å². The standard InChI is InChI=1S/C10H18O10P2/c1-3-4-5-17-22(15,16)20-10-8(6-18-21(12,13)14)19-7(2)9(10)11/h1,7-11H,4-6H2,2H3,(H,15,16)(H2,12,13,14)/p-1/t7-,8+,9+,10?/m0/s1. The van der Waals surface area contributed by atoms with Gasteiger partial charge in [0.25, 0.3) is 7.82 Å². The Balaban J connectivity index is 2.68. The van der Waals surface area contributed by atoms with Gasteiger partial charge < -0.3 is 29.0 Å². The van der Waals surface area contributed by atoms with E-state index in [2.05, 4.69) is 15.0 Å². The topological polar surface area (TPSA) is 155 Å². The van der Waals surface area contributed by atoms with Crippen LogP contribution in [0.15, 0.2) is 0 Å². The molecule has 0 bridgehead atoms. The normalized spacial score (nSPS) is 33.8. The van der Waals surface area contributed by atoms with E-state index in [9.17, 15) is 24.0 Å². The highest BCUT2D eigenvalue weighted by molar-refractivity contribution is 7.47. The molecule has 3 unspecified atom stereocenters. The van der Waals surface area contributed by atoms with Gasteiger partial charge in [-0.25, -0.2) is 4.57 Å². The van der Waals surface area contributed by atoms with E-state index >= 15 is 0 Å². The van der Waals surface area contributed by atoms with Gasteiger partial charge >= 0.3 is 7.82 Å². The summed E-state index contributed by atoms with van der Waals surface area (Å²) in [6.45, 7) is 0.503. The molecular weight excluding hydrogens is 342 g/mol. The largest absolute Gasteiger partial charge is 0.756 e. The molecule has 0 spiro atoms. The second-order valence-electron chi connectivity index (χ2n) is 4.46. The fraction of sp³-hybridized carbons (Fsp3) is 0.800. The summed E-state index contributed by atoms with van der Waals surface area (Å²) in [5.41, 5.74) is 0. The summed E-state index contributed by atoms with van der Waals surface area (Å²) in [7, 11) is -9.55. The zero-order valence-corrected chi connectivity index (χ0v) is 13.4. The number of phosphoric ester groups is 2. The molecule has 128 valence electrons. The highest BCUT2D eigenvalue weighted by atomic mass is 31.2. The molecule has 1 aliphatic rings.